The van der Waals surface area contributed by atoms with Gasteiger partial charge in [0, 0.05) is 37.0 Å². The Bertz CT molecular complexity index is 1000. The monoisotopic (exact) mass is 369 g/mol. The van der Waals surface area contributed by atoms with Crippen LogP contribution in [-0.4, -0.2) is 24.0 Å². The van der Waals surface area contributed by atoms with Gasteiger partial charge >= 0.3 is 5.76 Å². The van der Waals surface area contributed by atoms with E-state index in [2.05, 4.69) is 15.2 Å². The van der Waals surface area contributed by atoms with Crippen LogP contribution in [0.25, 0.3) is 11.1 Å². The number of nitrogens with one attached hydrogen (secondary N) is 2. The van der Waals surface area contributed by atoms with E-state index in [-0.39, 0.29) is 11.7 Å². The minimum Gasteiger partial charge on any atom is -0.408 e. The van der Waals surface area contributed by atoms with Gasteiger partial charge in [0.15, 0.2) is 5.58 Å². The molecule has 140 valence electrons. The summed E-state index contributed by atoms with van der Waals surface area (Å²) in [5.74, 6) is -0.480. The SMILES string of the molecule is O=C(CC1CCN(c2ccc(F)cc2)CC1)Nc1ccc2[nH]c(=O)oc2c1. The molecule has 6 nitrogen and oxygen atoms in total. The van der Waals surface area contributed by atoms with E-state index in [1.165, 1.54) is 12.1 Å². The standard InChI is InChI=1S/C20H20FN3O3/c21-14-1-4-16(5-2-14)24-9-7-13(8-10-24)11-19(25)22-15-3-6-17-18(12-15)27-20(26)23-17/h1-6,12-13H,7-11H2,(H,22,25)(H,23,26). The number of fused-ring (bicyclic) bond motifs is 1. The summed E-state index contributed by atoms with van der Waals surface area (Å²) < 4.78 is 18.0. The Morgan fingerprint density at radius 2 is 1.93 bits per heavy atom. The Kier molecular flexibility index (Phi) is 4.66. The third-order valence-corrected chi connectivity index (χ3v) is 4.99. The molecule has 2 aromatic carbocycles. The van der Waals surface area contributed by atoms with Crippen LogP contribution in [0.15, 0.2) is 51.7 Å². The number of piperidine rings is 1. The highest BCUT2D eigenvalue weighted by molar-refractivity contribution is 5.92. The third kappa shape index (κ3) is 4.02. The number of carbonyl (C=O) groups is 1. The maximum Gasteiger partial charge on any atom is 0.417 e. The Morgan fingerprint density at radius 1 is 1.19 bits per heavy atom. The lowest BCUT2D eigenvalue weighted by atomic mass is 9.93. The van der Waals surface area contributed by atoms with Crippen molar-refractivity contribution in [3.05, 3.63) is 58.8 Å². The third-order valence-electron chi connectivity index (χ3n) is 4.99. The number of hydrogen-bond donors (Lipinski definition) is 2. The van der Waals surface area contributed by atoms with Gasteiger partial charge in [0.05, 0.1) is 5.52 Å². The predicted octanol–water partition coefficient (Wildman–Crippen LogP) is 3.51. The highest BCUT2D eigenvalue weighted by Gasteiger charge is 2.22. The Morgan fingerprint density at radius 3 is 2.67 bits per heavy atom. The number of nitrogens with zero attached hydrogens (tertiary/aromatic N) is 1. The molecule has 0 aliphatic carbocycles. The Labute approximate surface area is 155 Å². The van der Waals surface area contributed by atoms with E-state index < -0.39 is 5.76 Å². The van der Waals surface area contributed by atoms with Crippen molar-refractivity contribution < 1.29 is 13.6 Å². The van der Waals surface area contributed by atoms with Crippen LogP contribution in [-0.2, 0) is 4.79 Å². The first-order valence-electron chi connectivity index (χ1n) is 9.00. The maximum absolute atomic E-state index is 13.0. The van der Waals surface area contributed by atoms with Crippen molar-refractivity contribution >= 4 is 28.4 Å². The molecular weight excluding hydrogens is 349 g/mol. The normalized spacial score (nSPS) is 15.2. The molecule has 1 amide bonds. The van der Waals surface area contributed by atoms with Crippen molar-refractivity contribution in [1.82, 2.24) is 4.98 Å². The quantitative estimate of drug-likeness (QED) is 0.738. The van der Waals surface area contributed by atoms with E-state index in [9.17, 15) is 14.0 Å². The average Bonchev–Trinajstić information content (AvgIpc) is 3.02. The van der Waals surface area contributed by atoms with Crippen molar-refractivity contribution in [1.29, 1.82) is 0 Å². The number of carbonyl (C=O) groups excluding carboxylic acids is 1. The molecule has 0 atom stereocenters. The fraction of sp³-hybridized carbons (Fsp3) is 0.300. The number of benzene rings is 2. The van der Waals surface area contributed by atoms with Crippen molar-refractivity contribution in [2.24, 2.45) is 5.92 Å². The van der Waals surface area contributed by atoms with E-state index in [1.54, 1.807) is 30.3 Å². The zero-order chi connectivity index (χ0) is 18.8. The summed E-state index contributed by atoms with van der Waals surface area (Å²) in [6, 6.07) is 11.6. The zero-order valence-corrected chi connectivity index (χ0v) is 14.7. The highest BCUT2D eigenvalue weighted by atomic mass is 19.1. The van der Waals surface area contributed by atoms with Crippen LogP contribution in [0.2, 0.25) is 0 Å². The number of H-pyrrole nitrogens is 1. The first-order chi connectivity index (χ1) is 13.1. The molecule has 2 N–H and O–H groups in total. The summed E-state index contributed by atoms with van der Waals surface area (Å²) in [6.45, 7) is 1.70. The van der Waals surface area contributed by atoms with Crippen LogP contribution >= 0.6 is 0 Å². The Hall–Kier alpha value is -3.09. The molecule has 3 aromatic rings. The van der Waals surface area contributed by atoms with Gasteiger partial charge in [-0.1, -0.05) is 0 Å². The number of aromatic amines is 1. The molecule has 4 rings (SSSR count). The number of amides is 1. The van der Waals surface area contributed by atoms with Gasteiger partial charge in [-0.15, -0.1) is 0 Å². The lowest BCUT2D eigenvalue weighted by Gasteiger charge is -2.33. The van der Waals surface area contributed by atoms with Crippen LogP contribution in [0.5, 0.6) is 0 Å². The van der Waals surface area contributed by atoms with Gasteiger partial charge < -0.3 is 14.6 Å². The lowest BCUT2D eigenvalue weighted by molar-refractivity contribution is -0.117. The number of aromatic nitrogens is 1. The molecule has 0 unspecified atom stereocenters. The molecule has 0 bridgehead atoms. The second-order valence-corrected chi connectivity index (χ2v) is 6.88. The largest absolute Gasteiger partial charge is 0.417 e. The molecule has 0 saturated carbocycles. The number of halogens is 1. The predicted molar refractivity (Wildman–Crippen MR) is 101 cm³/mol. The lowest BCUT2D eigenvalue weighted by Crippen LogP contribution is -2.34. The molecule has 1 aromatic heterocycles. The maximum atomic E-state index is 13.0. The Balaban J connectivity index is 1.31. The summed E-state index contributed by atoms with van der Waals surface area (Å²) in [5.41, 5.74) is 2.65. The van der Waals surface area contributed by atoms with Crippen molar-refractivity contribution in [3.8, 4) is 0 Å². The average molecular weight is 369 g/mol. The number of hydrogen-bond acceptors (Lipinski definition) is 4. The fourth-order valence-electron chi connectivity index (χ4n) is 3.54. The van der Waals surface area contributed by atoms with Gasteiger partial charge in [-0.3, -0.25) is 9.78 Å². The number of rotatable bonds is 4. The van der Waals surface area contributed by atoms with Gasteiger partial charge in [-0.2, -0.15) is 0 Å². The second kappa shape index (κ2) is 7.26. The van der Waals surface area contributed by atoms with E-state index in [1.807, 2.05) is 0 Å². The minimum absolute atomic E-state index is 0.0486. The van der Waals surface area contributed by atoms with E-state index in [0.717, 1.165) is 31.6 Å². The van der Waals surface area contributed by atoms with Crippen molar-refractivity contribution in [3.63, 3.8) is 0 Å². The smallest absolute Gasteiger partial charge is 0.408 e. The fourth-order valence-corrected chi connectivity index (χ4v) is 3.54. The van der Waals surface area contributed by atoms with Crippen LogP contribution in [0.3, 0.4) is 0 Å². The molecule has 0 spiro atoms. The van der Waals surface area contributed by atoms with E-state index in [4.69, 9.17) is 4.42 Å². The number of oxazole rings is 1. The first kappa shape index (κ1) is 17.3. The summed E-state index contributed by atoms with van der Waals surface area (Å²) in [6.07, 6.45) is 2.28. The molecule has 27 heavy (non-hydrogen) atoms. The summed E-state index contributed by atoms with van der Waals surface area (Å²) >= 11 is 0. The van der Waals surface area contributed by atoms with Crippen LogP contribution in [0.1, 0.15) is 19.3 Å². The summed E-state index contributed by atoms with van der Waals surface area (Å²) in [5, 5.41) is 2.87. The van der Waals surface area contributed by atoms with Crippen LogP contribution < -0.4 is 16.0 Å². The van der Waals surface area contributed by atoms with Gasteiger partial charge in [-0.05, 0) is 55.2 Å². The topological polar surface area (TPSA) is 78.3 Å². The van der Waals surface area contributed by atoms with Crippen molar-refractivity contribution in [2.75, 3.05) is 23.3 Å². The molecule has 2 heterocycles. The highest BCUT2D eigenvalue weighted by Crippen LogP contribution is 2.26. The second-order valence-electron chi connectivity index (χ2n) is 6.88. The van der Waals surface area contributed by atoms with E-state index in [0.29, 0.717) is 29.1 Å². The van der Waals surface area contributed by atoms with Gasteiger partial charge in [0.2, 0.25) is 5.91 Å². The molecule has 1 aliphatic rings. The van der Waals surface area contributed by atoms with E-state index >= 15 is 0 Å². The van der Waals surface area contributed by atoms with Gasteiger partial charge in [0.1, 0.15) is 5.82 Å². The summed E-state index contributed by atoms with van der Waals surface area (Å²) in [7, 11) is 0. The molecule has 1 aliphatic heterocycles. The van der Waals surface area contributed by atoms with Gasteiger partial charge in [-0.25, -0.2) is 9.18 Å². The first-order valence-corrected chi connectivity index (χ1v) is 9.00. The molecule has 1 saturated heterocycles. The van der Waals surface area contributed by atoms with Crippen LogP contribution in [0.4, 0.5) is 15.8 Å². The molecule has 1 fully saturated rings. The number of anilines is 2. The molecule has 0 radical (unpaired) electrons. The van der Waals surface area contributed by atoms with Crippen molar-refractivity contribution in [2.45, 2.75) is 19.3 Å². The minimum atomic E-state index is -0.513. The molecular formula is C20H20FN3O3. The van der Waals surface area contributed by atoms with Gasteiger partial charge in [0.25, 0.3) is 0 Å². The zero-order valence-electron chi connectivity index (χ0n) is 14.7. The summed E-state index contributed by atoms with van der Waals surface area (Å²) in [4.78, 5) is 28.3. The van der Waals surface area contributed by atoms with Crippen LogP contribution in [0, 0.1) is 11.7 Å². The molecule has 7 heteroatoms.